The molecule has 0 aliphatic carbocycles. The number of hydrogen-bond acceptors (Lipinski definition) is 4. The van der Waals surface area contributed by atoms with E-state index in [1.165, 1.54) is 38.4 Å². The molecule has 0 spiro atoms. The van der Waals surface area contributed by atoms with Crippen molar-refractivity contribution in [1.29, 1.82) is 0 Å². The second-order valence-corrected chi connectivity index (χ2v) is 7.37. The van der Waals surface area contributed by atoms with Crippen LogP contribution in [0.2, 0.25) is 0 Å². The number of rotatable bonds is 6. The van der Waals surface area contributed by atoms with Gasteiger partial charge < -0.3 is 10.6 Å². The van der Waals surface area contributed by atoms with Crippen molar-refractivity contribution in [3.63, 3.8) is 0 Å². The summed E-state index contributed by atoms with van der Waals surface area (Å²) in [6.45, 7) is 3.46. The van der Waals surface area contributed by atoms with Crippen LogP contribution in [-0.2, 0) is 14.8 Å². The molecule has 0 fully saturated rings. The summed E-state index contributed by atoms with van der Waals surface area (Å²) >= 11 is 0. The number of carbonyl (C=O) groups is 2. The highest BCUT2D eigenvalue weighted by Crippen LogP contribution is 2.14. The molecule has 2 N–H and O–H groups in total. The van der Waals surface area contributed by atoms with Gasteiger partial charge in [0.15, 0.2) is 0 Å². The molecule has 1 aromatic rings. The molecule has 0 atom stereocenters. The molecule has 122 valence electrons. The van der Waals surface area contributed by atoms with Gasteiger partial charge in [0.05, 0.1) is 11.4 Å². The molecule has 0 bridgehead atoms. The number of amides is 2. The Morgan fingerprint density at radius 1 is 1.23 bits per heavy atom. The number of benzene rings is 1. The molecular formula is C14H21N3O4S. The first kappa shape index (κ1) is 18.1. The van der Waals surface area contributed by atoms with Gasteiger partial charge in [0.2, 0.25) is 15.9 Å². The molecular weight excluding hydrogens is 306 g/mol. The first-order valence-electron chi connectivity index (χ1n) is 6.74. The fourth-order valence-electron chi connectivity index (χ4n) is 1.64. The first-order chi connectivity index (χ1) is 10.1. The van der Waals surface area contributed by atoms with E-state index in [0.29, 0.717) is 0 Å². The summed E-state index contributed by atoms with van der Waals surface area (Å²) in [4.78, 5) is 23.5. The SMILES string of the molecule is CC(C)NC(=O)CNC(=O)c1cccc(S(=O)(=O)N(C)C)c1. The molecule has 0 saturated carbocycles. The van der Waals surface area contributed by atoms with Crippen molar-refractivity contribution in [3.8, 4) is 0 Å². The van der Waals surface area contributed by atoms with Crippen LogP contribution >= 0.6 is 0 Å². The largest absolute Gasteiger partial charge is 0.352 e. The van der Waals surface area contributed by atoms with Crippen molar-refractivity contribution in [2.45, 2.75) is 24.8 Å². The molecule has 1 rings (SSSR count). The van der Waals surface area contributed by atoms with Crippen LogP contribution in [0.15, 0.2) is 29.2 Å². The van der Waals surface area contributed by atoms with Gasteiger partial charge in [-0.2, -0.15) is 0 Å². The molecule has 2 amide bonds. The Morgan fingerprint density at radius 3 is 2.41 bits per heavy atom. The van der Waals surface area contributed by atoms with Gasteiger partial charge in [-0.15, -0.1) is 0 Å². The van der Waals surface area contributed by atoms with E-state index in [0.717, 1.165) is 4.31 Å². The smallest absolute Gasteiger partial charge is 0.251 e. The van der Waals surface area contributed by atoms with Crippen LogP contribution < -0.4 is 10.6 Å². The normalized spacial score (nSPS) is 11.5. The quantitative estimate of drug-likeness (QED) is 0.780. The molecule has 0 unspecified atom stereocenters. The van der Waals surface area contributed by atoms with E-state index in [2.05, 4.69) is 10.6 Å². The lowest BCUT2D eigenvalue weighted by atomic mass is 10.2. The summed E-state index contributed by atoms with van der Waals surface area (Å²) in [5, 5.41) is 5.10. The maximum absolute atomic E-state index is 12.0. The molecule has 1 aromatic carbocycles. The number of hydrogen-bond donors (Lipinski definition) is 2. The molecule has 8 heteroatoms. The summed E-state index contributed by atoms with van der Waals surface area (Å²) in [5.74, 6) is -0.810. The third-order valence-electron chi connectivity index (χ3n) is 2.73. The van der Waals surface area contributed by atoms with Gasteiger partial charge in [-0.3, -0.25) is 9.59 Å². The lowest BCUT2D eigenvalue weighted by Crippen LogP contribution is -2.39. The molecule has 0 saturated heterocycles. The Kier molecular flexibility index (Phi) is 6.07. The minimum absolute atomic E-state index is 0.0158. The fourth-order valence-corrected chi connectivity index (χ4v) is 2.59. The highest BCUT2D eigenvalue weighted by Gasteiger charge is 2.18. The highest BCUT2D eigenvalue weighted by atomic mass is 32.2. The van der Waals surface area contributed by atoms with Crippen LogP contribution in [0.3, 0.4) is 0 Å². The summed E-state index contributed by atoms with van der Waals surface area (Å²) in [6.07, 6.45) is 0. The molecule has 0 aliphatic rings. The third-order valence-corrected chi connectivity index (χ3v) is 4.55. The fraction of sp³-hybridized carbons (Fsp3) is 0.429. The lowest BCUT2D eigenvalue weighted by molar-refractivity contribution is -0.120. The minimum Gasteiger partial charge on any atom is -0.352 e. The maximum atomic E-state index is 12.0. The van der Waals surface area contributed by atoms with Crippen molar-refractivity contribution >= 4 is 21.8 Å². The molecule has 0 heterocycles. The highest BCUT2D eigenvalue weighted by molar-refractivity contribution is 7.89. The van der Waals surface area contributed by atoms with Crippen LogP contribution in [0.4, 0.5) is 0 Å². The van der Waals surface area contributed by atoms with Crippen molar-refractivity contribution in [1.82, 2.24) is 14.9 Å². The molecule has 22 heavy (non-hydrogen) atoms. The van der Waals surface area contributed by atoms with E-state index in [9.17, 15) is 18.0 Å². The number of nitrogens with one attached hydrogen (secondary N) is 2. The Hall–Kier alpha value is -1.93. The van der Waals surface area contributed by atoms with Crippen LogP contribution in [0.25, 0.3) is 0 Å². The monoisotopic (exact) mass is 327 g/mol. The third kappa shape index (κ3) is 4.81. The summed E-state index contributed by atoms with van der Waals surface area (Å²) in [6, 6.07) is 5.66. The van der Waals surface area contributed by atoms with Crippen LogP contribution in [0, 0.1) is 0 Å². The zero-order chi connectivity index (χ0) is 16.9. The summed E-state index contributed by atoms with van der Waals surface area (Å²) in [5.41, 5.74) is 0.181. The number of nitrogens with zero attached hydrogens (tertiary/aromatic N) is 1. The number of carbonyl (C=O) groups excluding carboxylic acids is 2. The molecule has 7 nitrogen and oxygen atoms in total. The summed E-state index contributed by atoms with van der Waals surface area (Å²) in [7, 11) is -0.776. The standard InChI is InChI=1S/C14H21N3O4S/c1-10(2)16-13(18)9-15-14(19)11-6-5-7-12(8-11)22(20,21)17(3)4/h5-8,10H,9H2,1-4H3,(H,15,19)(H,16,18). The molecule has 0 radical (unpaired) electrons. The first-order valence-corrected chi connectivity index (χ1v) is 8.18. The van der Waals surface area contributed by atoms with Gasteiger partial charge in [0, 0.05) is 25.7 Å². The average Bonchev–Trinajstić information content (AvgIpc) is 2.44. The van der Waals surface area contributed by atoms with Crippen molar-refractivity contribution in [2.75, 3.05) is 20.6 Å². The van der Waals surface area contributed by atoms with Crippen LogP contribution in [-0.4, -0.2) is 51.2 Å². The molecule has 0 aromatic heterocycles. The van der Waals surface area contributed by atoms with Gasteiger partial charge in [-0.25, -0.2) is 12.7 Å². The van der Waals surface area contributed by atoms with E-state index in [-0.39, 0.29) is 29.0 Å². The Labute approximate surface area is 130 Å². The Morgan fingerprint density at radius 2 is 1.86 bits per heavy atom. The predicted octanol–water partition coefficient (Wildman–Crippen LogP) is 0.191. The number of sulfonamides is 1. The van der Waals surface area contributed by atoms with Gasteiger partial charge >= 0.3 is 0 Å². The van der Waals surface area contributed by atoms with Crippen molar-refractivity contribution < 1.29 is 18.0 Å². The van der Waals surface area contributed by atoms with E-state index in [1.807, 2.05) is 13.8 Å². The van der Waals surface area contributed by atoms with Gasteiger partial charge in [-0.05, 0) is 32.0 Å². The van der Waals surface area contributed by atoms with Crippen LogP contribution in [0.5, 0.6) is 0 Å². The Balaban J connectivity index is 2.82. The van der Waals surface area contributed by atoms with Gasteiger partial charge in [0.25, 0.3) is 5.91 Å². The Bertz CT molecular complexity index is 654. The zero-order valence-corrected chi connectivity index (χ0v) is 13.9. The lowest BCUT2D eigenvalue weighted by Gasteiger charge is -2.12. The topological polar surface area (TPSA) is 95.6 Å². The van der Waals surface area contributed by atoms with Gasteiger partial charge in [0.1, 0.15) is 0 Å². The molecule has 0 aliphatic heterocycles. The van der Waals surface area contributed by atoms with Gasteiger partial charge in [-0.1, -0.05) is 6.07 Å². The predicted molar refractivity (Wildman–Crippen MR) is 82.9 cm³/mol. The van der Waals surface area contributed by atoms with Crippen molar-refractivity contribution in [2.24, 2.45) is 0 Å². The van der Waals surface area contributed by atoms with E-state index in [4.69, 9.17) is 0 Å². The second kappa shape index (κ2) is 7.37. The van der Waals surface area contributed by atoms with E-state index >= 15 is 0 Å². The van der Waals surface area contributed by atoms with Crippen molar-refractivity contribution in [3.05, 3.63) is 29.8 Å². The van der Waals surface area contributed by atoms with E-state index in [1.54, 1.807) is 0 Å². The zero-order valence-electron chi connectivity index (χ0n) is 13.1. The summed E-state index contributed by atoms with van der Waals surface area (Å²) < 4.78 is 25.1. The minimum atomic E-state index is -3.61. The van der Waals surface area contributed by atoms with Crippen LogP contribution in [0.1, 0.15) is 24.2 Å². The second-order valence-electron chi connectivity index (χ2n) is 5.22. The van der Waals surface area contributed by atoms with E-state index < -0.39 is 15.9 Å². The average molecular weight is 327 g/mol. The maximum Gasteiger partial charge on any atom is 0.251 e.